The highest BCUT2D eigenvalue weighted by atomic mass is 35.5. The van der Waals surface area contributed by atoms with Gasteiger partial charge in [0.05, 0.1) is 0 Å². The van der Waals surface area contributed by atoms with Gasteiger partial charge in [-0.25, -0.2) is 0 Å². The summed E-state index contributed by atoms with van der Waals surface area (Å²) in [6.45, 7) is 0.867. The Balaban J connectivity index is 0.000000980. The molecule has 2 atom stereocenters. The molecule has 0 spiro atoms. The molecule has 1 N–H and O–H groups in total. The van der Waals surface area contributed by atoms with Crippen molar-refractivity contribution in [3.8, 4) is 0 Å². The van der Waals surface area contributed by atoms with E-state index in [2.05, 4.69) is 17.4 Å². The van der Waals surface area contributed by atoms with Crippen LogP contribution in [0.3, 0.4) is 0 Å². The molecule has 14 heavy (non-hydrogen) atoms. The van der Waals surface area contributed by atoms with E-state index >= 15 is 0 Å². The molecule has 78 valence electrons. The van der Waals surface area contributed by atoms with E-state index in [0.717, 1.165) is 18.1 Å². The normalized spacial score (nSPS) is 26.6. The van der Waals surface area contributed by atoms with Crippen molar-refractivity contribution in [2.24, 2.45) is 0 Å². The zero-order chi connectivity index (χ0) is 9.10. The molecular weight excluding hydrogens is 218 g/mol. The minimum atomic E-state index is -0.633. The van der Waals surface area contributed by atoms with Gasteiger partial charge >= 0.3 is 0 Å². The van der Waals surface area contributed by atoms with Gasteiger partial charge < -0.3 is 5.32 Å². The second-order valence-electron chi connectivity index (χ2n) is 3.23. The van der Waals surface area contributed by atoms with Crippen LogP contribution in [0.1, 0.15) is 11.6 Å². The molecule has 2 nitrogen and oxygen atoms in total. The van der Waals surface area contributed by atoms with Crippen LogP contribution in [0.4, 0.5) is 0 Å². The maximum Gasteiger partial charge on any atom is 0.0437 e. The minimum Gasteiger partial charge on any atom is -0.308 e. The predicted octanol–water partition coefficient (Wildman–Crippen LogP) is 1.50. The van der Waals surface area contributed by atoms with Crippen molar-refractivity contribution >= 4 is 23.2 Å². The number of nitrogens with one attached hydrogen (secondary N) is 1. The van der Waals surface area contributed by atoms with Crippen molar-refractivity contribution < 1.29 is 4.21 Å². The molecule has 0 amide bonds. The quantitative estimate of drug-likeness (QED) is 0.794. The Morgan fingerprint density at radius 3 is 2.64 bits per heavy atom. The Labute approximate surface area is 93.0 Å². The fourth-order valence-electron chi connectivity index (χ4n) is 1.57. The van der Waals surface area contributed by atoms with Crippen molar-refractivity contribution in [2.75, 3.05) is 18.1 Å². The molecule has 0 bridgehead atoms. The third-order valence-corrected chi connectivity index (χ3v) is 3.64. The third kappa shape index (κ3) is 2.80. The van der Waals surface area contributed by atoms with Crippen LogP contribution in [0.5, 0.6) is 0 Å². The first-order valence-electron chi connectivity index (χ1n) is 4.49. The second-order valence-corrected chi connectivity index (χ2v) is 4.85. The van der Waals surface area contributed by atoms with E-state index < -0.39 is 10.8 Å². The molecule has 0 aliphatic carbocycles. The summed E-state index contributed by atoms with van der Waals surface area (Å²) in [5, 5.41) is 3.37. The average Bonchev–Trinajstić information content (AvgIpc) is 2.19. The highest BCUT2D eigenvalue weighted by Crippen LogP contribution is 2.15. The van der Waals surface area contributed by atoms with E-state index in [4.69, 9.17) is 0 Å². The van der Waals surface area contributed by atoms with Crippen molar-refractivity contribution in [2.45, 2.75) is 6.04 Å². The van der Waals surface area contributed by atoms with Gasteiger partial charge in [-0.3, -0.25) is 4.21 Å². The Bertz CT molecular complexity index is 304. The smallest absolute Gasteiger partial charge is 0.0437 e. The van der Waals surface area contributed by atoms with Crippen LogP contribution in [0, 0.1) is 0 Å². The van der Waals surface area contributed by atoms with Crippen molar-refractivity contribution in [1.29, 1.82) is 0 Å². The van der Waals surface area contributed by atoms with Crippen molar-refractivity contribution in [3.63, 3.8) is 0 Å². The van der Waals surface area contributed by atoms with Crippen LogP contribution in [-0.4, -0.2) is 22.3 Å². The van der Waals surface area contributed by atoms with Gasteiger partial charge in [0.2, 0.25) is 0 Å². The first-order valence-corrected chi connectivity index (χ1v) is 5.98. The Kier molecular flexibility index (Phi) is 4.58. The lowest BCUT2D eigenvalue weighted by Gasteiger charge is -2.23. The lowest BCUT2D eigenvalue weighted by molar-refractivity contribution is 0.572. The van der Waals surface area contributed by atoms with Crippen LogP contribution in [0.2, 0.25) is 0 Å². The molecule has 1 aromatic rings. The molecule has 1 heterocycles. The summed E-state index contributed by atoms with van der Waals surface area (Å²) in [6.07, 6.45) is 0. The predicted molar refractivity (Wildman–Crippen MR) is 62.3 cm³/mol. The summed E-state index contributed by atoms with van der Waals surface area (Å²) in [5.74, 6) is 1.55. The summed E-state index contributed by atoms with van der Waals surface area (Å²) in [5.41, 5.74) is 1.25. The van der Waals surface area contributed by atoms with Crippen LogP contribution >= 0.6 is 12.4 Å². The van der Waals surface area contributed by atoms with Gasteiger partial charge in [-0.05, 0) is 5.56 Å². The standard InChI is InChI=1S/C10H13NOS.ClH/c12-13-7-6-11-10(8-13)9-4-2-1-3-5-9;/h1-5,10-11H,6-8H2;1H. The minimum absolute atomic E-state index is 0. The summed E-state index contributed by atoms with van der Waals surface area (Å²) >= 11 is 0. The molecule has 2 rings (SSSR count). The van der Waals surface area contributed by atoms with E-state index in [1.54, 1.807) is 0 Å². The zero-order valence-corrected chi connectivity index (χ0v) is 9.44. The molecule has 1 aromatic carbocycles. The molecule has 1 aliphatic rings. The summed E-state index contributed by atoms with van der Waals surface area (Å²) in [4.78, 5) is 0. The van der Waals surface area contributed by atoms with E-state index in [1.807, 2.05) is 18.2 Å². The highest BCUT2D eigenvalue weighted by Gasteiger charge is 2.18. The molecule has 0 radical (unpaired) electrons. The SMILES string of the molecule is Cl.O=S1CCNC(c2ccccc2)C1. The summed E-state index contributed by atoms with van der Waals surface area (Å²) < 4.78 is 11.3. The van der Waals surface area contributed by atoms with Crippen LogP contribution in [0.15, 0.2) is 30.3 Å². The lowest BCUT2D eigenvalue weighted by Crippen LogP contribution is -2.36. The number of rotatable bonds is 1. The zero-order valence-electron chi connectivity index (χ0n) is 7.81. The Morgan fingerprint density at radius 2 is 2.00 bits per heavy atom. The van der Waals surface area contributed by atoms with E-state index in [9.17, 15) is 4.21 Å². The van der Waals surface area contributed by atoms with Crippen LogP contribution < -0.4 is 5.32 Å². The van der Waals surface area contributed by atoms with Gasteiger partial charge in [-0.2, -0.15) is 0 Å². The van der Waals surface area contributed by atoms with Crippen molar-refractivity contribution in [3.05, 3.63) is 35.9 Å². The molecular formula is C10H14ClNOS. The van der Waals surface area contributed by atoms with Gasteiger partial charge in [-0.1, -0.05) is 30.3 Å². The van der Waals surface area contributed by atoms with Crippen LogP contribution in [-0.2, 0) is 10.8 Å². The van der Waals surface area contributed by atoms with Gasteiger partial charge in [0.15, 0.2) is 0 Å². The van der Waals surface area contributed by atoms with E-state index in [-0.39, 0.29) is 18.4 Å². The first kappa shape index (κ1) is 11.7. The third-order valence-electron chi connectivity index (χ3n) is 2.27. The summed E-state index contributed by atoms with van der Waals surface area (Å²) in [7, 11) is -0.633. The molecule has 1 aliphatic heterocycles. The van der Waals surface area contributed by atoms with Gasteiger partial charge in [0.25, 0.3) is 0 Å². The van der Waals surface area contributed by atoms with E-state index in [0.29, 0.717) is 0 Å². The Morgan fingerprint density at radius 1 is 1.29 bits per heavy atom. The van der Waals surface area contributed by atoms with E-state index in [1.165, 1.54) is 5.56 Å². The maximum absolute atomic E-state index is 11.3. The molecule has 0 aromatic heterocycles. The largest absolute Gasteiger partial charge is 0.308 e. The monoisotopic (exact) mass is 231 g/mol. The molecule has 0 saturated carbocycles. The molecule has 2 unspecified atom stereocenters. The van der Waals surface area contributed by atoms with Gasteiger partial charge in [0.1, 0.15) is 0 Å². The fraction of sp³-hybridized carbons (Fsp3) is 0.400. The van der Waals surface area contributed by atoms with Crippen LogP contribution in [0.25, 0.3) is 0 Å². The highest BCUT2D eigenvalue weighted by molar-refractivity contribution is 7.85. The van der Waals surface area contributed by atoms with Gasteiger partial charge in [-0.15, -0.1) is 12.4 Å². The topological polar surface area (TPSA) is 29.1 Å². The first-order chi connectivity index (χ1) is 6.36. The fourth-order valence-corrected chi connectivity index (χ4v) is 2.77. The molecule has 4 heteroatoms. The number of halogens is 1. The lowest BCUT2D eigenvalue weighted by atomic mass is 10.1. The number of hydrogen-bond donors (Lipinski definition) is 1. The maximum atomic E-state index is 11.3. The van der Waals surface area contributed by atoms with Crippen molar-refractivity contribution in [1.82, 2.24) is 5.32 Å². The number of hydrogen-bond acceptors (Lipinski definition) is 2. The average molecular weight is 232 g/mol. The van der Waals surface area contributed by atoms with Gasteiger partial charge in [0, 0.05) is 34.9 Å². The molecule has 1 fully saturated rings. The number of benzene rings is 1. The molecule has 1 saturated heterocycles. The summed E-state index contributed by atoms with van der Waals surface area (Å²) in [6, 6.07) is 10.5. The Hall–Kier alpha value is -0.380. The second kappa shape index (κ2) is 5.49.